The Hall–Kier alpha value is -2.81. The maximum atomic E-state index is 5.38. The first-order valence-corrected chi connectivity index (χ1v) is 9.97. The Morgan fingerprint density at radius 1 is 0.903 bits per heavy atom. The summed E-state index contributed by atoms with van der Waals surface area (Å²) in [5.41, 5.74) is 4.25. The van der Waals surface area contributed by atoms with Crippen molar-refractivity contribution in [3.63, 3.8) is 0 Å². The Balaban J connectivity index is 0.00000341. The lowest BCUT2D eigenvalue weighted by atomic mass is 10.1. The Morgan fingerprint density at radius 3 is 2.45 bits per heavy atom. The molecule has 164 valence electrons. The molecule has 6 nitrogen and oxygen atoms in total. The molecule has 0 spiro atoms. The number of aromatic nitrogens is 1. The van der Waals surface area contributed by atoms with E-state index in [1.165, 1.54) is 0 Å². The topological polar surface area (TPSA) is 67.8 Å². The smallest absolute Gasteiger partial charge is 0.191 e. The summed E-state index contributed by atoms with van der Waals surface area (Å²) < 4.78 is 10.7. The minimum Gasteiger partial charge on any atom is -0.493 e. The second-order valence-electron chi connectivity index (χ2n) is 6.65. The molecule has 7 heteroatoms. The molecule has 0 aliphatic carbocycles. The number of rotatable bonds is 8. The van der Waals surface area contributed by atoms with Gasteiger partial charge >= 0.3 is 0 Å². The summed E-state index contributed by atoms with van der Waals surface area (Å²) in [7, 11) is 3.27. The molecule has 0 fully saturated rings. The van der Waals surface area contributed by atoms with E-state index in [4.69, 9.17) is 14.5 Å². The van der Waals surface area contributed by atoms with Gasteiger partial charge in [-0.1, -0.05) is 30.3 Å². The van der Waals surface area contributed by atoms with E-state index < -0.39 is 0 Å². The van der Waals surface area contributed by atoms with Crippen LogP contribution in [0.2, 0.25) is 0 Å². The highest BCUT2D eigenvalue weighted by Gasteiger charge is 2.06. The van der Waals surface area contributed by atoms with Gasteiger partial charge in [0.05, 0.1) is 26.5 Å². The van der Waals surface area contributed by atoms with Gasteiger partial charge in [-0.05, 0) is 48.4 Å². The molecule has 0 saturated carbocycles. The van der Waals surface area contributed by atoms with Crippen LogP contribution in [0.25, 0.3) is 11.3 Å². The molecule has 0 unspecified atom stereocenters. The number of halogens is 1. The minimum absolute atomic E-state index is 0. The van der Waals surface area contributed by atoms with Crippen molar-refractivity contribution in [1.29, 1.82) is 0 Å². The van der Waals surface area contributed by atoms with Crippen LogP contribution in [0.3, 0.4) is 0 Å². The van der Waals surface area contributed by atoms with Crippen LogP contribution in [0, 0.1) is 0 Å². The number of guanidine groups is 1. The van der Waals surface area contributed by atoms with Crippen molar-refractivity contribution in [1.82, 2.24) is 15.6 Å². The molecule has 0 aliphatic rings. The highest BCUT2D eigenvalue weighted by Crippen LogP contribution is 2.27. The SMILES string of the molecule is CCNC(=NCc1cccc(-c2ccccn2)c1)NCc1ccc(OC)c(OC)c1.I. The van der Waals surface area contributed by atoms with Gasteiger partial charge in [0.1, 0.15) is 0 Å². The Kier molecular flexibility index (Phi) is 10.1. The third kappa shape index (κ3) is 7.13. The van der Waals surface area contributed by atoms with Crippen LogP contribution in [0.4, 0.5) is 0 Å². The quantitative estimate of drug-likeness (QED) is 0.252. The summed E-state index contributed by atoms with van der Waals surface area (Å²) in [5.74, 6) is 2.19. The summed E-state index contributed by atoms with van der Waals surface area (Å²) in [6.07, 6.45) is 1.81. The molecule has 0 aliphatic heterocycles. The number of nitrogens with one attached hydrogen (secondary N) is 2. The molecule has 2 aromatic carbocycles. The molecule has 0 atom stereocenters. The van der Waals surface area contributed by atoms with Crippen LogP contribution in [0.15, 0.2) is 71.9 Å². The normalized spacial score (nSPS) is 10.7. The minimum atomic E-state index is 0. The number of benzene rings is 2. The van der Waals surface area contributed by atoms with Gasteiger partial charge in [-0.25, -0.2) is 4.99 Å². The number of hydrogen-bond acceptors (Lipinski definition) is 4. The molecular weight excluding hydrogens is 503 g/mol. The van der Waals surface area contributed by atoms with Crippen LogP contribution in [-0.4, -0.2) is 31.7 Å². The fraction of sp³-hybridized carbons (Fsp3) is 0.250. The van der Waals surface area contributed by atoms with Crippen molar-refractivity contribution in [2.24, 2.45) is 4.99 Å². The van der Waals surface area contributed by atoms with E-state index in [0.717, 1.165) is 40.6 Å². The van der Waals surface area contributed by atoms with Crippen LogP contribution in [0.1, 0.15) is 18.1 Å². The number of ether oxygens (including phenoxy) is 2. The number of nitrogens with zero attached hydrogens (tertiary/aromatic N) is 2. The summed E-state index contributed by atoms with van der Waals surface area (Å²) in [6, 6.07) is 20.1. The van der Waals surface area contributed by atoms with Crippen LogP contribution in [-0.2, 0) is 13.1 Å². The van der Waals surface area contributed by atoms with E-state index in [1.54, 1.807) is 14.2 Å². The highest BCUT2D eigenvalue weighted by molar-refractivity contribution is 14.0. The van der Waals surface area contributed by atoms with Crippen molar-refractivity contribution in [2.75, 3.05) is 20.8 Å². The van der Waals surface area contributed by atoms with Crippen molar-refractivity contribution in [3.8, 4) is 22.8 Å². The second-order valence-corrected chi connectivity index (χ2v) is 6.65. The molecule has 1 aromatic heterocycles. The largest absolute Gasteiger partial charge is 0.493 e. The van der Waals surface area contributed by atoms with Gasteiger partial charge in [-0.2, -0.15) is 0 Å². The third-order valence-electron chi connectivity index (χ3n) is 4.56. The van der Waals surface area contributed by atoms with E-state index >= 15 is 0 Å². The van der Waals surface area contributed by atoms with Crippen molar-refractivity contribution < 1.29 is 9.47 Å². The molecule has 0 bridgehead atoms. The first-order chi connectivity index (χ1) is 14.7. The van der Waals surface area contributed by atoms with Gasteiger partial charge in [0.2, 0.25) is 0 Å². The summed E-state index contributed by atoms with van der Waals surface area (Å²) >= 11 is 0. The lowest BCUT2D eigenvalue weighted by Crippen LogP contribution is -2.36. The fourth-order valence-electron chi connectivity index (χ4n) is 3.05. The molecule has 0 saturated heterocycles. The number of hydrogen-bond donors (Lipinski definition) is 2. The average Bonchev–Trinajstić information content (AvgIpc) is 2.81. The number of pyridine rings is 1. The van der Waals surface area contributed by atoms with E-state index in [2.05, 4.69) is 40.7 Å². The van der Waals surface area contributed by atoms with Gasteiger partial charge in [0.25, 0.3) is 0 Å². The number of aliphatic imine (C=N–C) groups is 1. The zero-order valence-electron chi connectivity index (χ0n) is 18.1. The first kappa shape index (κ1) is 24.5. The molecule has 2 N–H and O–H groups in total. The summed E-state index contributed by atoms with van der Waals surface area (Å²) in [5, 5.41) is 6.66. The van der Waals surface area contributed by atoms with Crippen LogP contribution < -0.4 is 20.1 Å². The Morgan fingerprint density at radius 2 is 1.74 bits per heavy atom. The fourth-order valence-corrected chi connectivity index (χ4v) is 3.05. The molecule has 3 rings (SSSR count). The standard InChI is InChI=1S/C24H28N4O2.HI/c1-4-25-24(28-17-19-11-12-22(29-2)23(15-19)30-3)27-16-18-8-7-9-20(14-18)21-10-5-6-13-26-21;/h5-15H,4,16-17H2,1-3H3,(H2,25,27,28);1H. The van der Waals surface area contributed by atoms with Crippen molar-refractivity contribution >= 4 is 29.9 Å². The van der Waals surface area contributed by atoms with Gasteiger partial charge in [0.15, 0.2) is 17.5 Å². The lowest BCUT2D eigenvalue weighted by molar-refractivity contribution is 0.354. The zero-order valence-corrected chi connectivity index (χ0v) is 20.4. The Labute approximate surface area is 201 Å². The summed E-state index contributed by atoms with van der Waals surface area (Å²) in [4.78, 5) is 9.15. The molecule has 3 aromatic rings. The predicted octanol–water partition coefficient (Wildman–Crippen LogP) is 4.64. The van der Waals surface area contributed by atoms with Gasteiger partial charge in [0, 0.05) is 24.8 Å². The maximum Gasteiger partial charge on any atom is 0.191 e. The van der Waals surface area contributed by atoms with Crippen molar-refractivity contribution in [3.05, 3.63) is 78.0 Å². The Bertz CT molecular complexity index is 980. The van der Waals surface area contributed by atoms with E-state index in [9.17, 15) is 0 Å². The van der Waals surface area contributed by atoms with Gasteiger partial charge in [-0.3, -0.25) is 4.98 Å². The highest BCUT2D eigenvalue weighted by atomic mass is 127. The second kappa shape index (κ2) is 12.8. The third-order valence-corrected chi connectivity index (χ3v) is 4.56. The predicted molar refractivity (Wildman–Crippen MR) is 136 cm³/mol. The van der Waals surface area contributed by atoms with Crippen molar-refractivity contribution in [2.45, 2.75) is 20.0 Å². The van der Waals surface area contributed by atoms with Gasteiger partial charge in [-0.15, -0.1) is 24.0 Å². The zero-order chi connectivity index (χ0) is 21.2. The molecule has 0 amide bonds. The molecule has 0 radical (unpaired) electrons. The molecule has 31 heavy (non-hydrogen) atoms. The first-order valence-electron chi connectivity index (χ1n) is 9.97. The van der Waals surface area contributed by atoms with E-state index in [1.807, 2.05) is 48.7 Å². The van der Waals surface area contributed by atoms with Crippen LogP contribution in [0.5, 0.6) is 11.5 Å². The lowest BCUT2D eigenvalue weighted by Gasteiger charge is -2.13. The van der Waals surface area contributed by atoms with Crippen LogP contribution >= 0.6 is 24.0 Å². The van der Waals surface area contributed by atoms with E-state index in [-0.39, 0.29) is 24.0 Å². The molecule has 1 heterocycles. The summed E-state index contributed by atoms with van der Waals surface area (Å²) in [6.45, 7) is 4.03. The molecular formula is C24H29IN4O2. The monoisotopic (exact) mass is 532 g/mol. The average molecular weight is 532 g/mol. The number of methoxy groups -OCH3 is 2. The maximum absolute atomic E-state index is 5.38. The van der Waals surface area contributed by atoms with E-state index in [0.29, 0.717) is 18.8 Å². The van der Waals surface area contributed by atoms with Gasteiger partial charge < -0.3 is 20.1 Å².